The van der Waals surface area contributed by atoms with Crippen molar-refractivity contribution in [1.82, 2.24) is 10.0 Å². The van der Waals surface area contributed by atoms with Crippen LogP contribution in [0, 0.1) is 5.41 Å². The quantitative estimate of drug-likeness (QED) is 0.806. The van der Waals surface area contributed by atoms with Crippen LogP contribution in [-0.4, -0.2) is 21.5 Å². The SMILES string of the molecule is CCNCc1cc(S(=O)(=O)NCCC(C)(C)C)ccc1Cl. The third-order valence-corrected chi connectivity index (χ3v) is 4.89. The maximum atomic E-state index is 12.3. The van der Waals surface area contributed by atoms with E-state index < -0.39 is 10.0 Å². The molecule has 1 aromatic carbocycles. The van der Waals surface area contributed by atoms with Crippen LogP contribution < -0.4 is 10.0 Å². The second-order valence-corrected chi connectivity index (χ2v) is 8.42. The normalized spacial score (nSPS) is 12.6. The van der Waals surface area contributed by atoms with Gasteiger partial charge in [-0.3, -0.25) is 0 Å². The van der Waals surface area contributed by atoms with Crippen LogP contribution in [0.1, 0.15) is 39.7 Å². The van der Waals surface area contributed by atoms with Gasteiger partial charge in [0, 0.05) is 18.1 Å². The van der Waals surface area contributed by atoms with E-state index in [9.17, 15) is 8.42 Å². The molecule has 120 valence electrons. The molecule has 6 heteroatoms. The molecule has 1 rings (SSSR count). The van der Waals surface area contributed by atoms with Crippen molar-refractivity contribution in [2.24, 2.45) is 5.41 Å². The molecule has 0 radical (unpaired) electrons. The molecule has 0 atom stereocenters. The van der Waals surface area contributed by atoms with E-state index in [4.69, 9.17) is 11.6 Å². The van der Waals surface area contributed by atoms with Gasteiger partial charge in [-0.1, -0.05) is 39.3 Å². The standard InChI is InChI=1S/C15H25ClN2O2S/c1-5-17-11-12-10-13(6-7-14(12)16)21(19,20)18-9-8-15(2,3)4/h6-7,10,17-18H,5,8-9,11H2,1-4H3. The number of halogens is 1. The first kappa shape index (κ1) is 18.4. The van der Waals surface area contributed by atoms with Crippen molar-refractivity contribution in [1.29, 1.82) is 0 Å². The van der Waals surface area contributed by atoms with E-state index in [0.29, 0.717) is 18.1 Å². The number of hydrogen-bond acceptors (Lipinski definition) is 3. The van der Waals surface area contributed by atoms with Crippen LogP contribution in [0.4, 0.5) is 0 Å². The highest BCUT2D eigenvalue weighted by molar-refractivity contribution is 7.89. The highest BCUT2D eigenvalue weighted by atomic mass is 35.5. The zero-order valence-corrected chi connectivity index (χ0v) is 14.7. The number of rotatable bonds is 7. The van der Waals surface area contributed by atoms with Crippen LogP contribution in [0.5, 0.6) is 0 Å². The smallest absolute Gasteiger partial charge is 0.240 e. The van der Waals surface area contributed by atoms with Gasteiger partial charge in [0.05, 0.1) is 4.90 Å². The van der Waals surface area contributed by atoms with E-state index in [2.05, 4.69) is 30.8 Å². The summed E-state index contributed by atoms with van der Waals surface area (Å²) >= 11 is 6.09. The van der Waals surface area contributed by atoms with Crippen LogP contribution >= 0.6 is 11.6 Å². The number of nitrogens with one attached hydrogen (secondary N) is 2. The number of benzene rings is 1. The Labute approximate surface area is 133 Å². The fourth-order valence-corrected chi connectivity index (χ4v) is 3.02. The Kier molecular flexibility index (Phi) is 6.66. The van der Waals surface area contributed by atoms with Crippen LogP contribution in [0.3, 0.4) is 0 Å². The summed E-state index contributed by atoms with van der Waals surface area (Å²) in [5, 5.41) is 3.72. The maximum Gasteiger partial charge on any atom is 0.240 e. The molecule has 0 saturated heterocycles. The fourth-order valence-electron chi connectivity index (χ4n) is 1.76. The highest BCUT2D eigenvalue weighted by Crippen LogP contribution is 2.21. The number of hydrogen-bond donors (Lipinski definition) is 2. The zero-order valence-electron chi connectivity index (χ0n) is 13.2. The molecule has 0 fully saturated rings. The average molecular weight is 333 g/mol. The predicted octanol–water partition coefficient (Wildman–Crippen LogP) is 3.16. The summed E-state index contributed by atoms with van der Waals surface area (Å²) in [6.45, 7) is 10.0. The van der Waals surface area contributed by atoms with Crippen molar-refractivity contribution < 1.29 is 8.42 Å². The summed E-state index contributed by atoms with van der Waals surface area (Å²) in [6.07, 6.45) is 0.782. The number of sulfonamides is 1. The monoisotopic (exact) mass is 332 g/mol. The Balaban J connectivity index is 2.83. The van der Waals surface area contributed by atoms with Crippen LogP contribution in [0.15, 0.2) is 23.1 Å². The van der Waals surface area contributed by atoms with Gasteiger partial charge in [-0.2, -0.15) is 0 Å². The molecule has 0 bridgehead atoms. The third-order valence-electron chi connectivity index (χ3n) is 3.06. The van der Waals surface area contributed by atoms with Gasteiger partial charge >= 0.3 is 0 Å². The van der Waals surface area contributed by atoms with Crippen LogP contribution in [-0.2, 0) is 16.6 Å². The van der Waals surface area contributed by atoms with E-state index in [1.54, 1.807) is 12.1 Å². The Morgan fingerprint density at radius 1 is 1.24 bits per heavy atom. The van der Waals surface area contributed by atoms with Crippen molar-refractivity contribution in [3.05, 3.63) is 28.8 Å². The van der Waals surface area contributed by atoms with Gasteiger partial charge in [0.25, 0.3) is 0 Å². The summed E-state index contributed by atoms with van der Waals surface area (Å²) in [5.74, 6) is 0. The van der Waals surface area contributed by atoms with Crippen molar-refractivity contribution in [3.63, 3.8) is 0 Å². The van der Waals surface area contributed by atoms with Gasteiger partial charge < -0.3 is 5.32 Å². The summed E-state index contributed by atoms with van der Waals surface area (Å²) < 4.78 is 27.2. The van der Waals surface area contributed by atoms with Crippen molar-refractivity contribution in [3.8, 4) is 0 Å². The first-order chi connectivity index (χ1) is 9.65. The van der Waals surface area contributed by atoms with E-state index in [1.807, 2.05) is 6.92 Å². The molecule has 4 nitrogen and oxygen atoms in total. The minimum Gasteiger partial charge on any atom is -0.313 e. The summed E-state index contributed by atoms with van der Waals surface area (Å²) in [5.41, 5.74) is 0.885. The van der Waals surface area contributed by atoms with Crippen molar-refractivity contribution in [2.75, 3.05) is 13.1 Å². The zero-order chi connectivity index (χ0) is 16.1. The van der Waals surface area contributed by atoms with Gasteiger partial charge in [0.1, 0.15) is 0 Å². The minimum absolute atomic E-state index is 0.0960. The Morgan fingerprint density at radius 2 is 1.90 bits per heavy atom. The van der Waals surface area contributed by atoms with Crippen molar-refractivity contribution >= 4 is 21.6 Å². The lowest BCUT2D eigenvalue weighted by Gasteiger charge is -2.18. The molecule has 1 aromatic rings. The first-order valence-electron chi connectivity index (χ1n) is 7.14. The topological polar surface area (TPSA) is 58.2 Å². The molecule has 0 aromatic heterocycles. The van der Waals surface area contributed by atoms with Gasteiger partial charge in [0.15, 0.2) is 0 Å². The van der Waals surface area contributed by atoms with E-state index in [0.717, 1.165) is 18.5 Å². The van der Waals surface area contributed by atoms with Gasteiger partial charge in [-0.05, 0) is 42.1 Å². The summed E-state index contributed by atoms with van der Waals surface area (Å²) in [4.78, 5) is 0.258. The van der Waals surface area contributed by atoms with Crippen LogP contribution in [0.25, 0.3) is 0 Å². The van der Waals surface area contributed by atoms with E-state index in [1.165, 1.54) is 6.07 Å². The lowest BCUT2D eigenvalue weighted by Crippen LogP contribution is -2.27. The molecule has 21 heavy (non-hydrogen) atoms. The molecule has 0 amide bonds. The van der Waals surface area contributed by atoms with Crippen LogP contribution in [0.2, 0.25) is 5.02 Å². The van der Waals surface area contributed by atoms with Gasteiger partial charge in [-0.25, -0.2) is 13.1 Å². The molecule has 0 saturated carbocycles. The molecular formula is C15H25ClN2O2S. The second-order valence-electron chi connectivity index (χ2n) is 6.24. The highest BCUT2D eigenvalue weighted by Gasteiger charge is 2.17. The summed E-state index contributed by atoms with van der Waals surface area (Å²) in [7, 11) is -3.48. The predicted molar refractivity (Wildman–Crippen MR) is 88.1 cm³/mol. The molecule has 0 spiro atoms. The molecule has 2 N–H and O–H groups in total. The molecule has 0 aliphatic carbocycles. The largest absolute Gasteiger partial charge is 0.313 e. The maximum absolute atomic E-state index is 12.3. The fraction of sp³-hybridized carbons (Fsp3) is 0.600. The molecule has 0 aliphatic rings. The Morgan fingerprint density at radius 3 is 2.48 bits per heavy atom. The van der Waals surface area contributed by atoms with Gasteiger partial charge in [0.2, 0.25) is 10.0 Å². The Hall–Kier alpha value is -0.620. The average Bonchev–Trinajstić information content (AvgIpc) is 2.35. The molecular weight excluding hydrogens is 308 g/mol. The molecule has 0 heterocycles. The van der Waals surface area contributed by atoms with E-state index in [-0.39, 0.29) is 10.3 Å². The molecule has 0 aliphatic heterocycles. The lowest BCUT2D eigenvalue weighted by atomic mass is 9.93. The van der Waals surface area contributed by atoms with E-state index >= 15 is 0 Å². The second kappa shape index (κ2) is 7.58. The van der Waals surface area contributed by atoms with Gasteiger partial charge in [-0.15, -0.1) is 0 Å². The first-order valence-corrected chi connectivity index (χ1v) is 9.00. The third kappa shape index (κ3) is 6.34. The minimum atomic E-state index is -3.48. The Bertz CT molecular complexity index is 566. The van der Waals surface area contributed by atoms with Crippen molar-refractivity contribution in [2.45, 2.75) is 45.6 Å². The lowest BCUT2D eigenvalue weighted by molar-refractivity contribution is 0.378. The summed E-state index contributed by atoms with van der Waals surface area (Å²) in [6, 6.07) is 4.80. The molecule has 0 unspecified atom stereocenters.